The fraction of sp³-hybridized carbons (Fsp3) is 1.00. The normalized spacial score (nSPS) is 35.2. The standard InChI is InChI=1S/C11H23N3O3S/c1-9-7-14(8-10(2)17-9)18(15,16)13(3)11-4-5-12-6-11/h9-12H,4-8H2,1-3H3/t9-,10+,11-/m0/s1. The molecule has 2 aliphatic heterocycles. The van der Waals surface area contributed by atoms with Crippen LogP contribution in [0.5, 0.6) is 0 Å². The van der Waals surface area contributed by atoms with Crippen molar-refractivity contribution >= 4 is 10.2 Å². The van der Waals surface area contributed by atoms with Gasteiger partial charge in [0.05, 0.1) is 12.2 Å². The minimum absolute atomic E-state index is 0.0429. The summed E-state index contributed by atoms with van der Waals surface area (Å²) in [4.78, 5) is 0. The molecule has 2 fully saturated rings. The van der Waals surface area contributed by atoms with Crippen molar-refractivity contribution in [2.45, 2.75) is 38.5 Å². The van der Waals surface area contributed by atoms with Gasteiger partial charge in [0.15, 0.2) is 0 Å². The van der Waals surface area contributed by atoms with Crippen LogP contribution in [0.2, 0.25) is 0 Å². The van der Waals surface area contributed by atoms with Crippen molar-refractivity contribution in [3.63, 3.8) is 0 Å². The number of likely N-dealkylation sites (N-methyl/N-ethyl adjacent to an activating group) is 1. The summed E-state index contributed by atoms with van der Waals surface area (Å²) < 4.78 is 33.7. The van der Waals surface area contributed by atoms with E-state index in [1.807, 2.05) is 13.8 Å². The zero-order valence-corrected chi connectivity index (χ0v) is 12.1. The molecule has 2 aliphatic rings. The smallest absolute Gasteiger partial charge is 0.282 e. The highest BCUT2D eigenvalue weighted by Crippen LogP contribution is 2.19. The molecule has 0 bridgehead atoms. The van der Waals surface area contributed by atoms with Gasteiger partial charge in [0.25, 0.3) is 10.2 Å². The zero-order valence-electron chi connectivity index (χ0n) is 11.3. The van der Waals surface area contributed by atoms with Crippen LogP contribution >= 0.6 is 0 Å². The van der Waals surface area contributed by atoms with Gasteiger partial charge >= 0.3 is 0 Å². The first-order valence-electron chi connectivity index (χ1n) is 6.50. The van der Waals surface area contributed by atoms with E-state index in [-0.39, 0.29) is 18.2 Å². The van der Waals surface area contributed by atoms with Gasteiger partial charge in [-0.25, -0.2) is 0 Å². The maximum Gasteiger partial charge on any atom is 0.282 e. The third-order valence-corrected chi connectivity index (χ3v) is 5.60. The lowest BCUT2D eigenvalue weighted by molar-refractivity contribution is -0.0455. The van der Waals surface area contributed by atoms with Crippen LogP contribution in [0, 0.1) is 0 Å². The number of ether oxygens (including phenoxy) is 1. The summed E-state index contributed by atoms with van der Waals surface area (Å²) in [6.07, 6.45) is 0.794. The van der Waals surface area contributed by atoms with Crippen LogP contribution in [0.25, 0.3) is 0 Å². The van der Waals surface area contributed by atoms with Crippen molar-refractivity contribution in [3.05, 3.63) is 0 Å². The van der Waals surface area contributed by atoms with E-state index in [0.717, 1.165) is 19.5 Å². The lowest BCUT2D eigenvalue weighted by Gasteiger charge is -2.37. The third kappa shape index (κ3) is 2.85. The molecule has 0 unspecified atom stereocenters. The first-order chi connectivity index (χ1) is 8.41. The number of nitrogens with one attached hydrogen (secondary N) is 1. The molecule has 6 nitrogen and oxygen atoms in total. The molecule has 0 spiro atoms. The fourth-order valence-electron chi connectivity index (χ4n) is 2.64. The molecule has 106 valence electrons. The quantitative estimate of drug-likeness (QED) is 0.765. The Hall–Kier alpha value is -0.210. The highest BCUT2D eigenvalue weighted by atomic mass is 32.2. The highest BCUT2D eigenvalue weighted by Gasteiger charge is 2.37. The monoisotopic (exact) mass is 277 g/mol. The molecule has 2 rings (SSSR count). The van der Waals surface area contributed by atoms with E-state index in [1.54, 1.807) is 11.4 Å². The van der Waals surface area contributed by atoms with Crippen molar-refractivity contribution in [2.75, 3.05) is 33.2 Å². The molecular formula is C11H23N3O3S. The van der Waals surface area contributed by atoms with E-state index in [9.17, 15) is 8.42 Å². The van der Waals surface area contributed by atoms with Gasteiger partial charge in [-0.3, -0.25) is 0 Å². The molecule has 7 heteroatoms. The van der Waals surface area contributed by atoms with Gasteiger partial charge in [-0.05, 0) is 26.8 Å². The SMILES string of the molecule is C[C@@H]1CN(S(=O)(=O)N(C)[C@H]2CCNC2)C[C@H](C)O1. The molecule has 3 atom stereocenters. The minimum Gasteiger partial charge on any atom is -0.373 e. The number of hydrogen-bond acceptors (Lipinski definition) is 4. The molecule has 0 radical (unpaired) electrons. The summed E-state index contributed by atoms with van der Waals surface area (Å²) in [6, 6.07) is 0.0726. The van der Waals surface area contributed by atoms with Crippen molar-refractivity contribution in [1.82, 2.24) is 13.9 Å². The predicted molar refractivity (Wildman–Crippen MR) is 69.5 cm³/mol. The van der Waals surface area contributed by atoms with Crippen molar-refractivity contribution in [1.29, 1.82) is 0 Å². The van der Waals surface area contributed by atoms with Crippen LogP contribution in [0.4, 0.5) is 0 Å². The van der Waals surface area contributed by atoms with Gasteiger partial charge in [-0.2, -0.15) is 17.0 Å². The van der Waals surface area contributed by atoms with Gasteiger partial charge in [0, 0.05) is 32.7 Å². The Labute approximate surface area is 109 Å². The lowest BCUT2D eigenvalue weighted by atomic mass is 10.3. The fourth-order valence-corrected chi connectivity index (χ4v) is 4.36. The topological polar surface area (TPSA) is 61.9 Å². The third-order valence-electron chi connectivity index (χ3n) is 3.62. The van der Waals surface area contributed by atoms with E-state index in [2.05, 4.69) is 5.32 Å². The van der Waals surface area contributed by atoms with Crippen LogP contribution in [-0.4, -0.2) is 68.5 Å². The first kappa shape index (κ1) is 14.2. The van der Waals surface area contributed by atoms with Gasteiger partial charge in [-0.1, -0.05) is 0 Å². The average Bonchev–Trinajstić information content (AvgIpc) is 2.79. The molecule has 0 aromatic carbocycles. The van der Waals surface area contributed by atoms with Crippen LogP contribution < -0.4 is 5.32 Å². The van der Waals surface area contributed by atoms with E-state index < -0.39 is 10.2 Å². The second-order valence-corrected chi connectivity index (χ2v) is 7.23. The van der Waals surface area contributed by atoms with Crippen LogP contribution in [0.15, 0.2) is 0 Å². The molecule has 0 amide bonds. The van der Waals surface area contributed by atoms with Gasteiger partial charge in [-0.15, -0.1) is 0 Å². The summed E-state index contributed by atoms with van der Waals surface area (Å²) in [6.45, 7) is 6.34. The van der Waals surface area contributed by atoms with E-state index in [4.69, 9.17) is 4.74 Å². The van der Waals surface area contributed by atoms with Crippen molar-refractivity contribution in [2.24, 2.45) is 0 Å². The van der Waals surface area contributed by atoms with Crippen LogP contribution in [0.3, 0.4) is 0 Å². The maximum absolute atomic E-state index is 12.5. The Morgan fingerprint density at radius 3 is 2.39 bits per heavy atom. The molecule has 1 N–H and O–H groups in total. The van der Waals surface area contributed by atoms with E-state index in [0.29, 0.717) is 13.1 Å². The van der Waals surface area contributed by atoms with E-state index >= 15 is 0 Å². The van der Waals surface area contributed by atoms with Crippen LogP contribution in [0.1, 0.15) is 20.3 Å². The van der Waals surface area contributed by atoms with E-state index in [1.165, 1.54) is 4.31 Å². The summed E-state index contributed by atoms with van der Waals surface area (Å²) >= 11 is 0. The average molecular weight is 277 g/mol. The Morgan fingerprint density at radius 2 is 1.89 bits per heavy atom. The van der Waals surface area contributed by atoms with Crippen LogP contribution in [-0.2, 0) is 14.9 Å². The summed E-state index contributed by atoms with van der Waals surface area (Å²) in [5, 5.41) is 3.20. The molecule has 0 aromatic heterocycles. The lowest BCUT2D eigenvalue weighted by Crippen LogP contribution is -2.54. The second kappa shape index (κ2) is 5.42. The minimum atomic E-state index is -3.36. The zero-order chi connectivity index (χ0) is 13.3. The highest BCUT2D eigenvalue weighted by molar-refractivity contribution is 7.86. The van der Waals surface area contributed by atoms with Crippen molar-refractivity contribution < 1.29 is 13.2 Å². The summed E-state index contributed by atoms with van der Waals surface area (Å²) in [7, 11) is -1.69. The second-order valence-electron chi connectivity index (χ2n) is 5.24. The number of nitrogens with zero attached hydrogens (tertiary/aromatic N) is 2. The molecule has 0 aliphatic carbocycles. The summed E-state index contributed by atoms with van der Waals surface area (Å²) in [5.74, 6) is 0. The molecule has 2 heterocycles. The van der Waals surface area contributed by atoms with Gasteiger partial charge in [0.1, 0.15) is 0 Å². The van der Waals surface area contributed by atoms with Gasteiger partial charge in [0.2, 0.25) is 0 Å². The molecular weight excluding hydrogens is 254 g/mol. The maximum atomic E-state index is 12.5. The summed E-state index contributed by atoms with van der Waals surface area (Å²) in [5.41, 5.74) is 0. The van der Waals surface area contributed by atoms with Crippen molar-refractivity contribution in [3.8, 4) is 0 Å². The molecule has 0 saturated carbocycles. The molecule has 2 saturated heterocycles. The Morgan fingerprint density at radius 1 is 1.28 bits per heavy atom. The molecule has 18 heavy (non-hydrogen) atoms. The van der Waals surface area contributed by atoms with Gasteiger partial charge < -0.3 is 10.1 Å². The number of rotatable bonds is 3. The molecule has 0 aromatic rings. The predicted octanol–water partition coefficient (Wildman–Crippen LogP) is -0.366. The Balaban J connectivity index is 2.09. The Bertz CT molecular complexity index is 371. The number of morpholine rings is 1. The Kier molecular flexibility index (Phi) is 4.28. The largest absolute Gasteiger partial charge is 0.373 e. The first-order valence-corrected chi connectivity index (χ1v) is 7.90. The number of hydrogen-bond donors (Lipinski definition) is 1.